The van der Waals surface area contributed by atoms with Crippen LogP contribution in [0.5, 0.6) is 23.0 Å². The van der Waals surface area contributed by atoms with Gasteiger partial charge >= 0.3 is 0 Å². The van der Waals surface area contributed by atoms with Crippen molar-refractivity contribution in [2.45, 2.75) is 6.54 Å². The summed E-state index contributed by atoms with van der Waals surface area (Å²) in [6.45, 7) is 1.12. The average molecular weight is 439 g/mol. The highest BCUT2D eigenvalue weighted by atomic mass is 32.1. The number of hydrogen-bond acceptors (Lipinski definition) is 7. The van der Waals surface area contributed by atoms with Gasteiger partial charge in [0.15, 0.2) is 24.4 Å². The van der Waals surface area contributed by atoms with Crippen molar-refractivity contribution in [2.24, 2.45) is 0 Å². The predicted molar refractivity (Wildman–Crippen MR) is 117 cm³/mol. The van der Waals surface area contributed by atoms with Gasteiger partial charge < -0.3 is 23.8 Å². The number of rotatable bonds is 8. The van der Waals surface area contributed by atoms with E-state index in [4.69, 9.17) is 18.9 Å². The second-order valence-electron chi connectivity index (χ2n) is 6.70. The molecule has 0 saturated carbocycles. The van der Waals surface area contributed by atoms with Crippen molar-refractivity contribution in [3.8, 4) is 23.0 Å². The summed E-state index contributed by atoms with van der Waals surface area (Å²) < 4.78 is 22.1. The van der Waals surface area contributed by atoms with Gasteiger partial charge in [0.2, 0.25) is 0 Å². The van der Waals surface area contributed by atoms with Crippen molar-refractivity contribution in [3.05, 3.63) is 64.4 Å². The van der Waals surface area contributed by atoms with Crippen molar-refractivity contribution in [1.29, 1.82) is 0 Å². The van der Waals surface area contributed by atoms with E-state index in [0.717, 1.165) is 4.88 Å². The molecule has 0 N–H and O–H groups in total. The molecule has 0 spiro atoms. The molecule has 160 valence electrons. The molecule has 0 fully saturated rings. The van der Waals surface area contributed by atoms with Crippen LogP contribution >= 0.6 is 11.3 Å². The van der Waals surface area contributed by atoms with E-state index >= 15 is 0 Å². The number of carbonyl (C=O) groups excluding carboxylic acids is 2. The van der Waals surface area contributed by atoms with Crippen LogP contribution in [0.1, 0.15) is 15.2 Å². The Hall–Kier alpha value is -3.52. The third-order valence-electron chi connectivity index (χ3n) is 4.73. The molecule has 0 saturated heterocycles. The Morgan fingerprint density at radius 2 is 1.97 bits per heavy atom. The number of thiophene rings is 1. The third kappa shape index (κ3) is 4.80. The van der Waals surface area contributed by atoms with Crippen LogP contribution in [0.2, 0.25) is 0 Å². The topological polar surface area (TPSA) is 74.3 Å². The van der Waals surface area contributed by atoms with Crippen molar-refractivity contribution in [2.75, 3.05) is 31.8 Å². The van der Waals surface area contributed by atoms with Crippen LogP contribution in [0.4, 0.5) is 5.69 Å². The van der Waals surface area contributed by atoms with Crippen molar-refractivity contribution >= 4 is 29.2 Å². The molecule has 1 aliphatic rings. The molecular formula is C23H21NO6S. The van der Waals surface area contributed by atoms with Gasteiger partial charge in [-0.05, 0) is 41.8 Å². The normalized spacial score (nSPS) is 12.2. The lowest BCUT2D eigenvalue weighted by Gasteiger charge is -2.25. The highest BCUT2D eigenvalue weighted by Gasteiger charge is 2.21. The number of benzene rings is 2. The lowest BCUT2D eigenvalue weighted by atomic mass is 10.2. The molecule has 31 heavy (non-hydrogen) atoms. The van der Waals surface area contributed by atoms with Gasteiger partial charge in [-0.1, -0.05) is 6.07 Å². The number of nitrogens with zero attached hydrogens (tertiary/aromatic N) is 1. The number of amides is 1. The molecule has 1 aromatic heterocycles. The van der Waals surface area contributed by atoms with Gasteiger partial charge in [0.25, 0.3) is 5.91 Å². The van der Waals surface area contributed by atoms with Gasteiger partial charge in [-0.3, -0.25) is 9.59 Å². The molecule has 1 aliphatic heterocycles. The largest absolute Gasteiger partial charge is 0.497 e. The summed E-state index contributed by atoms with van der Waals surface area (Å²) in [6.07, 6.45) is 0.673. The van der Waals surface area contributed by atoms with Crippen molar-refractivity contribution in [3.63, 3.8) is 0 Å². The van der Waals surface area contributed by atoms with E-state index in [0.29, 0.717) is 60.3 Å². The second-order valence-corrected chi connectivity index (χ2v) is 7.73. The minimum absolute atomic E-state index is 0.229. The molecule has 7 nitrogen and oxygen atoms in total. The van der Waals surface area contributed by atoms with Crippen LogP contribution in [-0.4, -0.2) is 39.1 Å². The Kier molecular flexibility index (Phi) is 6.37. The average Bonchev–Trinajstić information content (AvgIpc) is 3.34. The first-order valence-electron chi connectivity index (χ1n) is 9.66. The maximum absolute atomic E-state index is 13.2. The Balaban J connectivity index is 1.55. The highest BCUT2D eigenvalue weighted by molar-refractivity contribution is 7.09. The predicted octanol–water partition coefficient (Wildman–Crippen LogP) is 3.95. The van der Waals surface area contributed by atoms with Crippen LogP contribution < -0.4 is 23.8 Å². The maximum atomic E-state index is 13.2. The zero-order chi connectivity index (χ0) is 21.6. The molecule has 0 unspecified atom stereocenters. The molecular weight excluding hydrogens is 418 g/mol. The van der Waals surface area contributed by atoms with Gasteiger partial charge in [-0.25, -0.2) is 0 Å². The Labute approximate surface area is 183 Å². The summed E-state index contributed by atoms with van der Waals surface area (Å²) >= 11 is 1.57. The van der Waals surface area contributed by atoms with Gasteiger partial charge in [0.1, 0.15) is 24.7 Å². The first kappa shape index (κ1) is 20.7. The minimum Gasteiger partial charge on any atom is -0.497 e. The fourth-order valence-electron chi connectivity index (χ4n) is 3.18. The van der Waals surface area contributed by atoms with Gasteiger partial charge in [0, 0.05) is 16.6 Å². The fourth-order valence-corrected chi connectivity index (χ4v) is 3.87. The number of anilines is 1. The third-order valence-corrected chi connectivity index (χ3v) is 5.59. The quantitative estimate of drug-likeness (QED) is 0.495. The van der Waals surface area contributed by atoms with Crippen molar-refractivity contribution in [1.82, 2.24) is 0 Å². The van der Waals surface area contributed by atoms with Crippen LogP contribution in [0.25, 0.3) is 0 Å². The standard InChI is InChI=1S/C23H21NO6S/c1-27-18-5-7-20(16(11-18)14-25)30-15-23(26)24(13-19-3-2-10-31-19)17-4-6-21-22(12-17)29-9-8-28-21/h2-7,10-12,14H,8-9,13,15H2,1H3. The van der Waals surface area contributed by atoms with Crippen LogP contribution in [-0.2, 0) is 11.3 Å². The number of ether oxygens (including phenoxy) is 4. The van der Waals surface area contributed by atoms with E-state index in [1.54, 1.807) is 46.6 Å². The molecule has 2 heterocycles. The zero-order valence-corrected chi connectivity index (χ0v) is 17.7. The second kappa shape index (κ2) is 9.53. The molecule has 2 aromatic carbocycles. The number of fused-ring (bicyclic) bond motifs is 1. The highest BCUT2D eigenvalue weighted by Crippen LogP contribution is 2.35. The van der Waals surface area contributed by atoms with Crippen LogP contribution in [0.15, 0.2) is 53.9 Å². The Bertz CT molecular complexity index is 1070. The molecule has 1 amide bonds. The fraction of sp³-hybridized carbons (Fsp3) is 0.217. The lowest BCUT2D eigenvalue weighted by Crippen LogP contribution is -2.34. The van der Waals surface area contributed by atoms with Gasteiger partial charge in [-0.2, -0.15) is 0 Å². The number of methoxy groups -OCH3 is 1. The van der Waals surface area contributed by atoms with E-state index in [-0.39, 0.29) is 12.5 Å². The number of aldehydes is 1. The summed E-state index contributed by atoms with van der Waals surface area (Å²) in [7, 11) is 1.52. The summed E-state index contributed by atoms with van der Waals surface area (Å²) in [5, 5.41) is 1.96. The summed E-state index contributed by atoms with van der Waals surface area (Å²) in [5.74, 6) is 1.87. The van der Waals surface area contributed by atoms with E-state index in [9.17, 15) is 9.59 Å². The zero-order valence-electron chi connectivity index (χ0n) is 16.9. The van der Waals surface area contributed by atoms with E-state index in [1.165, 1.54) is 7.11 Å². The van der Waals surface area contributed by atoms with Gasteiger partial charge in [0.05, 0.1) is 19.2 Å². The summed E-state index contributed by atoms with van der Waals surface area (Å²) in [4.78, 5) is 27.2. The summed E-state index contributed by atoms with van der Waals surface area (Å²) in [6, 6.07) is 14.2. The Morgan fingerprint density at radius 1 is 1.13 bits per heavy atom. The molecule has 0 aliphatic carbocycles. The SMILES string of the molecule is COc1ccc(OCC(=O)N(Cc2cccs2)c2ccc3c(c2)OCCO3)c(C=O)c1. The first-order valence-corrected chi connectivity index (χ1v) is 10.5. The molecule has 3 aromatic rings. The molecule has 0 atom stereocenters. The van der Waals surface area contributed by atoms with Gasteiger partial charge in [-0.15, -0.1) is 11.3 Å². The molecule has 8 heteroatoms. The smallest absolute Gasteiger partial charge is 0.265 e. The molecule has 0 bridgehead atoms. The summed E-state index contributed by atoms with van der Waals surface area (Å²) in [5.41, 5.74) is 0.993. The van der Waals surface area contributed by atoms with Crippen molar-refractivity contribution < 1.29 is 28.5 Å². The first-order chi connectivity index (χ1) is 15.2. The van der Waals surface area contributed by atoms with E-state index in [1.807, 2.05) is 23.6 Å². The Morgan fingerprint density at radius 3 is 2.71 bits per heavy atom. The number of hydrogen-bond donors (Lipinski definition) is 0. The lowest BCUT2D eigenvalue weighted by molar-refractivity contribution is -0.120. The molecule has 0 radical (unpaired) electrons. The molecule has 4 rings (SSSR count). The van der Waals surface area contributed by atoms with E-state index in [2.05, 4.69) is 0 Å². The van der Waals surface area contributed by atoms with E-state index < -0.39 is 0 Å². The van der Waals surface area contributed by atoms with Crippen LogP contribution in [0.3, 0.4) is 0 Å². The minimum atomic E-state index is -0.252. The van der Waals surface area contributed by atoms with Crippen LogP contribution in [0, 0.1) is 0 Å². The maximum Gasteiger partial charge on any atom is 0.265 e. The monoisotopic (exact) mass is 439 g/mol. The number of carbonyl (C=O) groups is 2.